The average molecular weight is 356 g/mol. The van der Waals surface area contributed by atoms with Crippen LogP contribution in [0.1, 0.15) is 13.8 Å². The zero-order valence-electron chi connectivity index (χ0n) is 14.2. The lowest BCUT2D eigenvalue weighted by Crippen LogP contribution is -2.30. The molecule has 1 heterocycles. The second-order valence-corrected chi connectivity index (χ2v) is 7.45. The molecular weight excluding hydrogens is 336 g/mol. The van der Waals surface area contributed by atoms with Gasteiger partial charge in [0.2, 0.25) is 15.9 Å². The van der Waals surface area contributed by atoms with E-state index < -0.39 is 10.0 Å². The molecule has 0 aliphatic rings. The van der Waals surface area contributed by atoms with Crippen molar-refractivity contribution in [3.63, 3.8) is 0 Å². The maximum atomic E-state index is 12.5. The van der Waals surface area contributed by atoms with Gasteiger partial charge in [0.25, 0.3) is 0 Å². The zero-order chi connectivity index (χ0) is 17.9. The van der Waals surface area contributed by atoms with Gasteiger partial charge in [-0.15, -0.1) is 0 Å². The summed E-state index contributed by atoms with van der Waals surface area (Å²) in [5, 5.41) is 0. The fraction of sp³-hybridized carbons (Fsp3) is 0.211. The normalized spacial score (nSPS) is 11.8. The molecular formula is C19H20N2O3S. The van der Waals surface area contributed by atoms with Crippen molar-refractivity contribution >= 4 is 10.0 Å². The smallest absolute Gasteiger partial charge is 0.243 e. The van der Waals surface area contributed by atoms with Gasteiger partial charge in [0.15, 0.2) is 5.76 Å². The van der Waals surface area contributed by atoms with E-state index in [1.165, 1.54) is 4.31 Å². The number of oxazole rings is 1. The van der Waals surface area contributed by atoms with E-state index in [0.29, 0.717) is 24.7 Å². The number of sulfonamides is 1. The van der Waals surface area contributed by atoms with E-state index in [-0.39, 0.29) is 4.90 Å². The first-order valence-corrected chi connectivity index (χ1v) is 9.62. The fourth-order valence-corrected chi connectivity index (χ4v) is 4.08. The van der Waals surface area contributed by atoms with Gasteiger partial charge in [-0.05, 0) is 24.3 Å². The van der Waals surface area contributed by atoms with Crippen LogP contribution in [-0.4, -0.2) is 30.8 Å². The van der Waals surface area contributed by atoms with Crippen LogP contribution >= 0.6 is 0 Å². The molecule has 0 amide bonds. The van der Waals surface area contributed by atoms with Crippen LogP contribution in [0.3, 0.4) is 0 Å². The molecule has 0 aliphatic heterocycles. The molecule has 0 bridgehead atoms. The number of aromatic nitrogens is 1. The first-order valence-electron chi connectivity index (χ1n) is 8.18. The molecule has 0 aliphatic carbocycles. The lowest BCUT2D eigenvalue weighted by molar-refractivity contribution is 0.445. The molecule has 6 heteroatoms. The molecule has 0 saturated heterocycles. The fourth-order valence-electron chi connectivity index (χ4n) is 2.63. The summed E-state index contributed by atoms with van der Waals surface area (Å²) in [5.74, 6) is 1.14. The second kappa shape index (κ2) is 7.21. The third kappa shape index (κ3) is 3.50. The predicted octanol–water partition coefficient (Wildman–Crippen LogP) is 4.04. The van der Waals surface area contributed by atoms with Crippen molar-refractivity contribution in [2.45, 2.75) is 18.7 Å². The Balaban J connectivity index is 1.88. The Hall–Kier alpha value is -2.44. The molecule has 130 valence electrons. The van der Waals surface area contributed by atoms with Crippen molar-refractivity contribution in [3.8, 4) is 22.8 Å². The standard InChI is InChI=1S/C19H20N2O3S/c1-3-21(4-2)25(22,23)17-12-10-16(11-13-17)19-20-14-18(24-19)15-8-6-5-7-9-15/h5-14H,3-4H2,1-2H3. The molecule has 0 fully saturated rings. The van der Waals surface area contributed by atoms with E-state index in [4.69, 9.17) is 4.42 Å². The van der Waals surface area contributed by atoms with Gasteiger partial charge in [0, 0.05) is 24.2 Å². The molecule has 0 radical (unpaired) electrons. The Morgan fingerprint density at radius 3 is 2.16 bits per heavy atom. The lowest BCUT2D eigenvalue weighted by Gasteiger charge is -2.18. The predicted molar refractivity (Wildman–Crippen MR) is 97.5 cm³/mol. The summed E-state index contributed by atoms with van der Waals surface area (Å²) in [4.78, 5) is 4.57. The maximum Gasteiger partial charge on any atom is 0.243 e. The van der Waals surface area contributed by atoms with Crippen LogP contribution in [0.25, 0.3) is 22.8 Å². The van der Waals surface area contributed by atoms with Crippen LogP contribution in [0.4, 0.5) is 0 Å². The molecule has 0 N–H and O–H groups in total. The molecule has 0 spiro atoms. The molecule has 3 aromatic rings. The third-order valence-electron chi connectivity index (χ3n) is 4.01. The van der Waals surface area contributed by atoms with Crippen molar-refractivity contribution in [2.75, 3.05) is 13.1 Å². The van der Waals surface area contributed by atoms with Gasteiger partial charge in [-0.25, -0.2) is 13.4 Å². The van der Waals surface area contributed by atoms with Crippen molar-refractivity contribution < 1.29 is 12.8 Å². The molecule has 0 atom stereocenters. The van der Waals surface area contributed by atoms with Gasteiger partial charge < -0.3 is 4.42 Å². The van der Waals surface area contributed by atoms with Crippen molar-refractivity contribution in [2.24, 2.45) is 0 Å². The molecule has 0 saturated carbocycles. The maximum absolute atomic E-state index is 12.5. The van der Waals surface area contributed by atoms with Gasteiger partial charge in [0.1, 0.15) is 0 Å². The Morgan fingerprint density at radius 2 is 1.56 bits per heavy atom. The highest BCUT2D eigenvalue weighted by Crippen LogP contribution is 2.27. The summed E-state index contributed by atoms with van der Waals surface area (Å²) < 4.78 is 32.3. The van der Waals surface area contributed by atoms with Crippen molar-refractivity contribution in [1.82, 2.24) is 9.29 Å². The van der Waals surface area contributed by atoms with E-state index in [0.717, 1.165) is 11.1 Å². The second-order valence-electron chi connectivity index (χ2n) is 5.51. The average Bonchev–Trinajstić information content (AvgIpc) is 3.13. The van der Waals surface area contributed by atoms with Crippen LogP contribution < -0.4 is 0 Å². The van der Waals surface area contributed by atoms with Gasteiger partial charge in [-0.3, -0.25) is 0 Å². The Labute approximate surface area is 148 Å². The number of benzene rings is 2. The summed E-state index contributed by atoms with van der Waals surface area (Å²) in [6, 6.07) is 16.3. The highest BCUT2D eigenvalue weighted by atomic mass is 32.2. The van der Waals surface area contributed by atoms with Crippen LogP contribution in [0.5, 0.6) is 0 Å². The monoisotopic (exact) mass is 356 g/mol. The molecule has 2 aromatic carbocycles. The van der Waals surface area contributed by atoms with Crippen LogP contribution in [0.15, 0.2) is 70.1 Å². The topological polar surface area (TPSA) is 63.4 Å². The minimum atomic E-state index is -3.46. The zero-order valence-corrected chi connectivity index (χ0v) is 15.0. The van der Waals surface area contributed by atoms with Crippen LogP contribution in [0.2, 0.25) is 0 Å². The van der Waals surface area contributed by atoms with Gasteiger partial charge in [-0.2, -0.15) is 4.31 Å². The lowest BCUT2D eigenvalue weighted by atomic mass is 10.2. The molecule has 1 aromatic heterocycles. The SMILES string of the molecule is CCN(CC)S(=O)(=O)c1ccc(-c2ncc(-c3ccccc3)o2)cc1. The van der Waals surface area contributed by atoms with Gasteiger partial charge in [-0.1, -0.05) is 44.2 Å². The van der Waals surface area contributed by atoms with Crippen LogP contribution in [-0.2, 0) is 10.0 Å². The number of nitrogens with zero attached hydrogens (tertiary/aromatic N) is 2. The highest BCUT2D eigenvalue weighted by molar-refractivity contribution is 7.89. The summed E-state index contributed by atoms with van der Waals surface area (Å²) in [5.41, 5.74) is 1.68. The first kappa shape index (κ1) is 17.4. The van der Waals surface area contributed by atoms with Gasteiger partial charge >= 0.3 is 0 Å². The minimum Gasteiger partial charge on any atom is -0.436 e. The van der Waals surface area contributed by atoms with E-state index in [1.54, 1.807) is 30.5 Å². The third-order valence-corrected chi connectivity index (χ3v) is 6.07. The molecule has 5 nitrogen and oxygen atoms in total. The molecule has 25 heavy (non-hydrogen) atoms. The molecule has 3 rings (SSSR count). The number of rotatable bonds is 6. The number of hydrogen-bond donors (Lipinski definition) is 0. The van der Waals surface area contributed by atoms with Crippen molar-refractivity contribution in [1.29, 1.82) is 0 Å². The van der Waals surface area contributed by atoms with Crippen molar-refractivity contribution in [3.05, 3.63) is 60.8 Å². The van der Waals surface area contributed by atoms with E-state index >= 15 is 0 Å². The van der Waals surface area contributed by atoms with E-state index in [1.807, 2.05) is 44.2 Å². The van der Waals surface area contributed by atoms with Crippen LogP contribution in [0, 0.1) is 0 Å². The largest absolute Gasteiger partial charge is 0.436 e. The summed E-state index contributed by atoms with van der Waals surface area (Å²) in [6.45, 7) is 4.54. The minimum absolute atomic E-state index is 0.273. The Bertz CT molecular complexity index is 928. The summed E-state index contributed by atoms with van der Waals surface area (Å²) in [7, 11) is -3.46. The number of hydrogen-bond acceptors (Lipinski definition) is 4. The Kier molecular flexibility index (Phi) is 5.01. The quantitative estimate of drug-likeness (QED) is 0.669. The highest BCUT2D eigenvalue weighted by Gasteiger charge is 2.21. The Morgan fingerprint density at radius 1 is 0.920 bits per heavy atom. The summed E-state index contributed by atoms with van der Waals surface area (Å²) in [6.07, 6.45) is 1.67. The molecule has 0 unspecified atom stereocenters. The summed E-state index contributed by atoms with van der Waals surface area (Å²) >= 11 is 0. The first-order chi connectivity index (χ1) is 12.1. The van der Waals surface area contributed by atoms with E-state index in [2.05, 4.69) is 4.98 Å². The van der Waals surface area contributed by atoms with E-state index in [9.17, 15) is 8.42 Å². The van der Waals surface area contributed by atoms with Gasteiger partial charge in [0.05, 0.1) is 11.1 Å².